The molecule has 0 bridgehead atoms. The van der Waals surface area contributed by atoms with Crippen molar-refractivity contribution in [1.29, 1.82) is 0 Å². The summed E-state index contributed by atoms with van der Waals surface area (Å²) in [5.74, 6) is 0. The Bertz CT molecular complexity index is 653. The van der Waals surface area contributed by atoms with E-state index in [1.807, 2.05) is 16.9 Å². The number of aliphatic hydroxyl groups is 1. The van der Waals surface area contributed by atoms with Crippen LogP contribution < -0.4 is 0 Å². The molecule has 0 spiro atoms. The van der Waals surface area contributed by atoms with Crippen LogP contribution in [-0.2, 0) is 17.8 Å². The zero-order chi connectivity index (χ0) is 17.1. The van der Waals surface area contributed by atoms with Crippen molar-refractivity contribution < 1.29 is 9.84 Å². The van der Waals surface area contributed by atoms with Gasteiger partial charge in [0, 0.05) is 51.2 Å². The van der Waals surface area contributed by atoms with Gasteiger partial charge in [0.15, 0.2) is 0 Å². The number of β-amino-alcohol motifs (C(OH)–C–C–N with tert-alkyl or cyclic N) is 1. The first-order valence-corrected chi connectivity index (χ1v) is 9.05. The molecule has 0 unspecified atom stereocenters. The number of ether oxygens (including phenoxy) is 1. The summed E-state index contributed by atoms with van der Waals surface area (Å²) in [6.45, 7) is 6.78. The van der Waals surface area contributed by atoms with Crippen LogP contribution in [0.5, 0.6) is 0 Å². The first-order valence-electron chi connectivity index (χ1n) is 9.05. The number of nitrogens with zero attached hydrogens (tertiary/aromatic N) is 4. The summed E-state index contributed by atoms with van der Waals surface area (Å²) in [7, 11) is 0. The number of aromatic nitrogens is 2. The molecule has 134 valence electrons. The average molecular weight is 342 g/mol. The van der Waals surface area contributed by atoms with Crippen LogP contribution in [0.25, 0.3) is 0 Å². The van der Waals surface area contributed by atoms with Gasteiger partial charge in [-0.1, -0.05) is 24.3 Å². The molecule has 4 rings (SSSR count). The predicted octanol–water partition coefficient (Wildman–Crippen LogP) is 0.809. The Morgan fingerprint density at radius 3 is 2.44 bits per heavy atom. The first kappa shape index (κ1) is 16.7. The lowest BCUT2D eigenvalue weighted by Crippen LogP contribution is -2.48. The third kappa shape index (κ3) is 4.10. The summed E-state index contributed by atoms with van der Waals surface area (Å²) in [4.78, 5) is 4.73. The van der Waals surface area contributed by atoms with E-state index in [0.717, 1.165) is 52.5 Å². The van der Waals surface area contributed by atoms with Crippen LogP contribution in [0.3, 0.4) is 0 Å². The van der Waals surface area contributed by atoms with Crippen molar-refractivity contribution in [2.24, 2.45) is 0 Å². The molecular weight excluding hydrogens is 316 g/mol. The van der Waals surface area contributed by atoms with Gasteiger partial charge in [-0.05, 0) is 17.2 Å². The number of benzene rings is 1. The number of aliphatic hydroxyl groups excluding tert-OH is 1. The molecule has 0 aliphatic carbocycles. The summed E-state index contributed by atoms with van der Waals surface area (Å²) >= 11 is 0. The molecule has 2 aromatic rings. The highest BCUT2D eigenvalue weighted by molar-refractivity contribution is 5.23. The largest absolute Gasteiger partial charge is 0.390 e. The maximum atomic E-state index is 10.4. The van der Waals surface area contributed by atoms with Crippen LogP contribution in [0.4, 0.5) is 0 Å². The minimum atomic E-state index is -0.266. The van der Waals surface area contributed by atoms with Crippen LogP contribution in [0.15, 0.2) is 42.7 Å². The molecule has 25 heavy (non-hydrogen) atoms. The van der Waals surface area contributed by atoms with Crippen LogP contribution in [0, 0.1) is 0 Å². The lowest BCUT2D eigenvalue weighted by molar-refractivity contribution is -0.00618. The molecule has 2 fully saturated rings. The molecule has 1 aromatic heterocycles. The van der Waals surface area contributed by atoms with Gasteiger partial charge in [0.2, 0.25) is 0 Å². The van der Waals surface area contributed by atoms with E-state index in [2.05, 4.69) is 39.2 Å². The maximum absolute atomic E-state index is 10.4. The van der Waals surface area contributed by atoms with Gasteiger partial charge in [-0.2, -0.15) is 5.10 Å². The standard InChI is InChI=1S/C19H26N4O2/c24-19-15-21(14-18(19)22-8-10-25-11-9-22)12-16-2-4-17(5-3-16)13-23-7-1-6-20-23/h1-7,18-19,24H,8-15H2/t18-,19-/m0/s1. The Balaban J connectivity index is 1.32. The van der Waals surface area contributed by atoms with Crippen molar-refractivity contribution in [3.05, 3.63) is 53.9 Å². The van der Waals surface area contributed by atoms with Gasteiger partial charge in [0.1, 0.15) is 0 Å². The van der Waals surface area contributed by atoms with Crippen molar-refractivity contribution in [3.63, 3.8) is 0 Å². The molecule has 6 nitrogen and oxygen atoms in total. The van der Waals surface area contributed by atoms with Gasteiger partial charge in [-0.25, -0.2) is 0 Å². The van der Waals surface area contributed by atoms with Crippen molar-refractivity contribution in [2.75, 3.05) is 39.4 Å². The first-order chi connectivity index (χ1) is 12.3. The van der Waals surface area contributed by atoms with E-state index in [9.17, 15) is 5.11 Å². The number of hydrogen-bond donors (Lipinski definition) is 1. The molecule has 6 heteroatoms. The molecule has 1 aromatic carbocycles. The lowest BCUT2D eigenvalue weighted by Gasteiger charge is -2.33. The lowest BCUT2D eigenvalue weighted by atomic mass is 10.1. The molecule has 2 aliphatic heterocycles. The van der Waals surface area contributed by atoms with Gasteiger partial charge in [0.05, 0.1) is 25.9 Å². The van der Waals surface area contributed by atoms with Gasteiger partial charge in [0.25, 0.3) is 0 Å². The summed E-state index contributed by atoms with van der Waals surface area (Å²) in [5.41, 5.74) is 2.54. The Labute approximate surface area is 148 Å². The van der Waals surface area contributed by atoms with E-state index in [1.165, 1.54) is 11.1 Å². The molecule has 1 N–H and O–H groups in total. The Hall–Kier alpha value is -1.73. The number of rotatable bonds is 5. The average Bonchev–Trinajstić information content (AvgIpc) is 3.27. The van der Waals surface area contributed by atoms with E-state index in [4.69, 9.17) is 4.74 Å². The fourth-order valence-electron chi connectivity index (χ4n) is 3.83. The minimum absolute atomic E-state index is 0.239. The highest BCUT2D eigenvalue weighted by Gasteiger charge is 2.35. The van der Waals surface area contributed by atoms with Crippen LogP contribution in [0.1, 0.15) is 11.1 Å². The highest BCUT2D eigenvalue weighted by atomic mass is 16.5. The smallest absolute Gasteiger partial charge is 0.0834 e. The molecule has 3 heterocycles. The SMILES string of the molecule is O[C@H]1CN(Cc2ccc(Cn3cccn3)cc2)C[C@@H]1N1CCOCC1. The normalized spacial score (nSPS) is 25.5. The summed E-state index contributed by atoms with van der Waals surface area (Å²) in [5, 5.41) is 14.7. The van der Waals surface area contributed by atoms with E-state index in [0.29, 0.717) is 0 Å². The zero-order valence-electron chi connectivity index (χ0n) is 14.5. The summed E-state index contributed by atoms with van der Waals surface area (Å²) in [6.07, 6.45) is 3.51. The number of hydrogen-bond acceptors (Lipinski definition) is 5. The molecular formula is C19H26N4O2. The van der Waals surface area contributed by atoms with E-state index >= 15 is 0 Å². The predicted molar refractivity (Wildman–Crippen MR) is 95.2 cm³/mol. The Morgan fingerprint density at radius 1 is 1.04 bits per heavy atom. The van der Waals surface area contributed by atoms with Gasteiger partial charge in [-0.15, -0.1) is 0 Å². The zero-order valence-corrected chi connectivity index (χ0v) is 14.5. The van der Waals surface area contributed by atoms with Crippen molar-refractivity contribution in [2.45, 2.75) is 25.2 Å². The van der Waals surface area contributed by atoms with E-state index < -0.39 is 0 Å². The summed E-state index contributed by atoms with van der Waals surface area (Å²) < 4.78 is 7.35. The van der Waals surface area contributed by atoms with Crippen molar-refractivity contribution >= 4 is 0 Å². The fraction of sp³-hybridized carbons (Fsp3) is 0.526. The van der Waals surface area contributed by atoms with Gasteiger partial charge < -0.3 is 9.84 Å². The van der Waals surface area contributed by atoms with Gasteiger partial charge in [-0.3, -0.25) is 14.5 Å². The molecule has 2 aliphatic rings. The maximum Gasteiger partial charge on any atom is 0.0834 e. The van der Waals surface area contributed by atoms with Crippen molar-refractivity contribution in [3.8, 4) is 0 Å². The van der Waals surface area contributed by atoms with Gasteiger partial charge >= 0.3 is 0 Å². The summed E-state index contributed by atoms with van der Waals surface area (Å²) in [6, 6.07) is 10.9. The second kappa shape index (κ2) is 7.66. The molecule has 2 atom stereocenters. The van der Waals surface area contributed by atoms with Crippen molar-refractivity contribution in [1.82, 2.24) is 19.6 Å². The highest BCUT2D eigenvalue weighted by Crippen LogP contribution is 2.20. The van der Waals surface area contributed by atoms with E-state index in [1.54, 1.807) is 6.20 Å². The topological polar surface area (TPSA) is 53.8 Å². The van der Waals surface area contributed by atoms with Crippen LogP contribution in [-0.4, -0.2) is 76.2 Å². The molecule has 0 radical (unpaired) electrons. The number of likely N-dealkylation sites (tertiary alicyclic amines) is 1. The van der Waals surface area contributed by atoms with Crippen LogP contribution >= 0.6 is 0 Å². The Morgan fingerprint density at radius 2 is 1.76 bits per heavy atom. The number of morpholine rings is 1. The second-order valence-electron chi connectivity index (χ2n) is 7.00. The molecule has 0 amide bonds. The van der Waals surface area contributed by atoms with E-state index in [-0.39, 0.29) is 12.1 Å². The third-order valence-electron chi connectivity index (χ3n) is 5.18. The fourth-order valence-corrected chi connectivity index (χ4v) is 3.83. The van der Waals surface area contributed by atoms with Crippen LogP contribution in [0.2, 0.25) is 0 Å². The second-order valence-corrected chi connectivity index (χ2v) is 7.00. The third-order valence-corrected chi connectivity index (χ3v) is 5.18. The Kier molecular flexibility index (Phi) is 5.12. The molecule has 2 saturated heterocycles. The monoisotopic (exact) mass is 342 g/mol. The minimum Gasteiger partial charge on any atom is -0.390 e. The quantitative estimate of drug-likeness (QED) is 0.871. The molecule has 0 saturated carbocycles.